The molecule has 0 bridgehead atoms. The lowest BCUT2D eigenvalue weighted by molar-refractivity contribution is -0.0639. The van der Waals surface area contributed by atoms with Crippen molar-refractivity contribution in [2.45, 2.75) is 78.1 Å². The number of aromatic nitrogens is 5. The van der Waals surface area contributed by atoms with Crippen molar-refractivity contribution in [1.29, 1.82) is 0 Å². The average molecular weight is 358 g/mol. The van der Waals surface area contributed by atoms with E-state index in [2.05, 4.69) is 51.6 Å². The summed E-state index contributed by atoms with van der Waals surface area (Å²) in [6.45, 7) is 11.7. The molecule has 2 aliphatic rings. The molecule has 0 aromatic carbocycles. The molecule has 1 saturated heterocycles. The first-order chi connectivity index (χ1) is 12.5. The average Bonchev–Trinajstić information content (AvgIpc) is 3.30. The Balaban J connectivity index is 1.62. The molecule has 26 heavy (non-hydrogen) atoms. The fourth-order valence-corrected chi connectivity index (χ4v) is 4.44. The first-order valence-electron chi connectivity index (χ1n) is 9.85. The van der Waals surface area contributed by atoms with Crippen LogP contribution in [0.3, 0.4) is 0 Å². The summed E-state index contributed by atoms with van der Waals surface area (Å²) in [6, 6.07) is 2.42. The van der Waals surface area contributed by atoms with Gasteiger partial charge in [0, 0.05) is 12.2 Å². The molecule has 0 amide bonds. The van der Waals surface area contributed by atoms with Crippen LogP contribution in [0, 0.1) is 13.8 Å². The normalized spacial score (nSPS) is 22.5. The Morgan fingerprint density at radius 2 is 2.00 bits per heavy atom. The van der Waals surface area contributed by atoms with E-state index in [-0.39, 0.29) is 5.60 Å². The molecule has 1 spiro atoms. The molecule has 2 aromatic heterocycles. The van der Waals surface area contributed by atoms with Gasteiger partial charge in [-0.2, -0.15) is 5.10 Å². The molecule has 1 unspecified atom stereocenters. The van der Waals surface area contributed by atoms with Gasteiger partial charge in [-0.05, 0) is 46.6 Å². The Morgan fingerprint density at radius 1 is 1.23 bits per heavy atom. The predicted octanol–water partition coefficient (Wildman–Crippen LogP) is 2.70. The van der Waals surface area contributed by atoms with Crippen LogP contribution in [-0.4, -0.2) is 49.3 Å². The number of aryl methyl sites for hydroxylation is 2. The van der Waals surface area contributed by atoms with Gasteiger partial charge >= 0.3 is 0 Å². The summed E-state index contributed by atoms with van der Waals surface area (Å²) in [4.78, 5) is 2.41. The van der Waals surface area contributed by atoms with Gasteiger partial charge in [-0.15, -0.1) is 10.2 Å². The summed E-state index contributed by atoms with van der Waals surface area (Å²) in [7, 11) is 0. The summed E-state index contributed by atoms with van der Waals surface area (Å²) in [5.41, 5.74) is 2.21. The SMILES string of the molecule is CCn1c(Cn2nc(C)cc2C)nnc1N1CC2(CCCC2)OCC1C. The maximum Gasteiger partial charge on any atom is 0.227 e. The molecular formula is C19H30N6O. The maximum absolute atomic E-state index is 6.27. The van der Waals surface area contributed by atoms with Gasteiger partial charge in [0.25, 0.3) is 0 Å². The zero-order valence-electron chi connectivity index (χ0n) is 16.4. The highest BCUT2D eigenvalue weighted by Crippen LogP contribution is 2.38. The molecule has 2 fully saturated rings. The number of hydrogen-bond donors (Lipinski definition) is 0. The van der Waals surface area contributed by atoms with Gasteiger partial charge < -0.3 is 9.64 Å². The van der Waals surface area contributed by atoms with E-state index in [1.807, 2.05) is 11.6 Å². The van der Waals surface area contributed by atoms with E-state index in [1.54, 1.807) is 0 Å². The van der Waals surface area contributed by atoms with E-state index >= 15 is 0 Å². The molecule has 1 aliphatic carbocycles. The van der Waals surface area contributed by atoms with Crippen LogP contribution in [0.15, 0.2) is 6.07 Å². The van der Waals surface area contributed by atoms with Crippen molar-refractivity contribution in [2.75, 3.05) is 18.1 Å². The van der Waals surface area contributed by atoms with Crippen molar-refractivity contribution in [3.8, 4) is 0 Å². The van der Waals surface area contributed by atoms with Crippen LogP contribution in [0.25, 0.3) is 0 Å². The highest BCUT2D eigenvalue weighted by Gasteiger charge is 2.42. The molecule has 1 saturated carbocycles. The van der Waals surface area contributed by atoms with Crippen molar-refractivity contribution in [3.63, 3.8) is 0 Å². The quantitative estimate of drug-likeness (QED) is 0.841. The van der Waals surface area contributed by atoms with Crippen LogP contribution in [0.5, 0.6) is 0 Å². The highest BCUT2D eigenvalue weighted by molar-refractivity contribution is 5.35. The Kier molecular flexibility index (Phi) is 4.50. The Hall–Kier alpha value is -1.89. The summed E-state index contributed by atoms with van der Waals surface area (Å²) < 4.78 is 10.5. The Labute approximate surface area is 155 Å². The van der Waals surface area contributed by atoms with E-state index in [4.69, 9.17) is 4.74 Å². The van der Waals surface area contributed by atoms with Crippen molar-refractivity contribution >= 4 is 5.95 Å². The van der Waals surface area contributed by atoms with Crippen molar-refractivity contribution in [3.05, 3.63) is 23.3 Å². The standard InChI is InChI=1S/C19H30N6O/c1-5-23-17(11-25-15(3)10-14(2)22-25)20-21-18(23)24-13-19(8-6-7-9-19)26-12-16(24)4/h10,16H,5-9,11-13H2,1-4H3. The second kappa shape index (κ2) is 6.68. The fourth-order valence-electron chi connectivity index (χ4n) is 4.44. The lowest BCUT2D eigenvalue weighted by Crippen LogP contribution is -2.55. The van der Waals surface area contributed by atoms with Gasteiger partial charge in [0.2, 0.25) is 5.95 Å². The van der Waals surface area contributed by atoms with E-state index in [1.165, 1.54) is 12.8 Å². The second-order valence-electron chi connectivity index (χ2n) is 7.92. The molecule has 3 heterocycles. The molecule has 0 radical (unpaired) electrons. The zero-order valence-corrected chi connectivity index (χ0v) is 16.4. The van der Waals surface area contributed by atoms with Gasteiger partial charge in [0.15, 0.2) is 5.82 Å². The van der Waals surface area contributed by atoms with Crippen LogP contribution in [-0.2, 0) is 17.8 Å². The van der Waals surface area contributed by atoms with Gasteiger partial charge in [-0.1, -0.05) is 12.8 Å². The first-order valence-corrected chi connectivity index (χ1v) is 9.85. The van der Waals surface area contributed by atoms with E-state index in [0.29, 0.717) is 12.6 Å². The van der Waals surface area contributed by atoms with Gasteiger partial charge in [-0.3, -0.25) is 9.25 Å². The highest BCUT2D eigenvalue weighted by atomic mass is 16.5. The van der Waals surface area contributed by atoms with Crippen LogP contribution in [0.1, 0.15) is 56.7 Å². The van der Waals surface area contributed by atoms with Crippen molar-refractivity contribution < 1.29 is 4.74 Å². The van der Waals surface area contributed by atoms with Gasteiger partial charge in [0.05, 0.1) is 30.5 Å². The second-order valence-corrected chi connectivity index (χ2v) is 7.92. The Bertz CT molecular complexity index is 773. The molecule has 0 N–H and O–H groups in total. The van der Waals surface area contributed by atoms with Crippen molar-refractivity contribution in [1.82, 2.24) is 24.5 Å². The fraction of sp³-hybridized carbons (Fsp3) is 0.737. The number of morpholine rings is 1. The molecule has 7 nitrogen and oxygen atoms in total. The minimum atomic E-state index is 0.0207. The first kappa shape index (κ1) is 17.5. The largest absolute Gasteiger partial charge is 0.371 e. The monoisotopic (exact) mass is 358 g/mol. The third-order valence-electron chi connectivity index (χ3n) is 5.91. The van der Waals surface area contributed by atoms with Crippen LogP contribution >= 0.6 is 0 Å². The molecule has 1 aliphatic heterocycles. The third kappa shape index (κ3) is 3.02. The van der Waals surface area contributed by atoms with Crippen LogP contribution < -0.4 is 4.90 Å². The molecule has 142 valence electrons. The number of ether oxygens (including phenoxy) is 1. The van der Waals surface area contributed by atoms with Gasteiger partial charge in [-0.25, -0.2) is 0 Å². The number of nitrogens with zero attached hydrogens (tertiary/aromatic N) is 6. The van der Waals surface area contributed by atoms with E-state index in [9.17, 15) is 0 Å². The number of rotatable bonds is 4. The number of anilines is 1. The summed E-state index contributed by atoms with van der Waals surface area (Å²) in [6.07, 6.45) is 4.86. The minimum Gasteiger partial charge on any atom is -0.371 e. The van der Waals surface area contributed by atoms with Crippen molar-refractivity contribution in [2.24, 2.45) is 0 Å². The molecule has 7 heteroatoms. The van der Waals surface area contributed by atoms with E-state index in [0.717, 1.165) is 55.7 Å². The lowest BCUT2D eigenvalue weighted by Gasteiger charge is -2.44. The summed E-state index contributed by atoms with van der Waals surface area (Å²) >= 11 is 0. The smallest absolute Gasteiger partial charge is 0.227 e. The summed E-state index contributed by atoms with van der Waals surface area (Å²) in [5, 5.41) is 13.7. The maximum atomic E-state index is 6.27. The molecule has 1 atom stereocenters. The Morgan fingerprint density at radius 3 is 2.65 bits per heavy atom. The molecule has 2 aromatic rings. The predicted molar refractivity (Wildman–Crippen MR) is 100 cm³/mol. The lowest BCUT2D eigenvalue weighted by atomic mass is 9.98. The third-order valence-corrected chi connectivity index (χ3v) is 5.91. The van der Waals surface area contributed by atoms with Gasteiger partial charge in [0.1, 0.15) is 6.54 Å². The molecule has 4 rings (SSSR count). The van der Waals surface area contributed by atoms with Crippen LogP contribution in [0.2, 0.25) is 0 Å². The topological polar surface area (TPSA) is 61.0 Å². The number of hydrogen-bond acceptors (Lipinski definition) is 5. The zero-order chi connectivity index (χ0) is 18.3. The molecular weight excluding hydrogens is 328 g/mol. The van der Waals surface area contributed by atoms with E-state index < -0.39 is 0 Å². The summed E-state index contributed by atoms with van der Waals surface area (Å²) in [5.74, 6) is 1.94. The van der Waals surface area contributed by atoms with Crippen LogP contribution in [0.4, 0.5) is 5.95 Å². The minimum absolute atomic E-state index is 0.0207.